The molecule has 0 atom stereocenters. The summed E-state index contributed by atoms with van der Waals surface area (Å²) in [6.07, 6.45) is 0. The Balaban J connectivity index is 2.54. The molecule has 1 aromatic heterocycles. The highest BCUT2D eigenvalue weighted by molar-refractivity contribution is 7.94. The van der Waals surface area contributed by atoms with Gasteiger partial charge in [-0.05, 0) is 36.6 Å². The van der Waals surface area contributed by atoms with Crippen LogP contribution in [-0.2, 0) is 19.9 Å². The van der Waals surface area contributed by atoms with Crippen LogP contribution in [0.1, 0.15) is 6.92 Å². The molecule has 0 aliphatic rings. The van der Waals surface area contributed by atoms with Crippen LogP contribution in [0.15, 0.2) is 44.8 Å². The van der Waals surface area contributed by atoms with Gasteiger partial charge in [-0.1, -0.05) is 6.07 Å². The van der Waals surface area contributed by atoms with Crippen molar-refractivity contribution in [2.45, 2.75) is 21.5 Å². The molecule has 1 heterocycles. The lowest BCUT2D eigenvalue weighted by Gasteiger charge is -2.15. The molecule has 2 N–H and O–H groups in total. The van der Waals surface area contributed by atoms with Crippen LogP contribution in [-0.4, -0.2) is 28.9 Å². The summed E-state index contributed by atoms with van der Waals surface area (Å²) in [5, 5.41) is 4.28. The summed E-state index contributed by atoms with van der Waals surface area (Å²) in [6, 6.07) is 5.30. The number of halogens is 3. The first-order chi connectivity index (χ1) is 11.5. The predicted octanol–water partition coefficient (Wildman–Crippen LogP) is 3.27. The van der Waals surface area contributed by atoms with Crippen molar-refractivity contribution in [1.82, 2.24) is 0 Å². The summed E-state index contributed by atoms with van der Waals surface area (Å²) in [5.41, 5.74) is -5.62. The van der Waals surface area contributed by atoms with Crippen molar-refractivity contribution in [1.29, 1.82) is 0 Å². The second kappa shape index (κ2) is 6.84. The maximum Gasteiger partial charge on any atom is 0.501 e. The summed E-state index contributed by atoms with van der Waals surface area (Å²) in [7, 11) is -9.66. The maximum atomic E-state index is 12.7. The van der Waals surface area contributed by atoms with Gasteiger partial charge in [-0.25, -0.2) is 16.8 Å². The van der Waals surface area contributed by atoms with Crippen molar-refractivity contribution in [3.8, 4) is 0 Å². The zero-order valence-corrected chi connectivity index (χ0v) is 15.1. The normalized spacial score (nSPS) is 12.8. The standard InChI is InChI=1S/C13H13F3N2O4S3/c1-2-17-10-6-5-9(24(19,20)13(14,15)16)8-11(10)18-25(21,22)12-4-3-7-23-12/h3-8,17-18H,2H2,1H3. The number of nitrogens with one attached hydrogen (secondary N) is 2. The summed E-state index contributed by atoms with van der Waals surface area (Å²) >= 11 is 0.913. The van der Waals surface area contributed by atoms with Crippen LogP contribution in [0.5, 0.6) is 0 Å². The smallest absolute Gasteiger partial charge is 0.384 e. The Morgan fingerprint density at radius 1 is 1.08 bits per heavy atom. The predicted molar refractivity (Wildman–Crippen MR) is 89.0 cm³/mol. The molecular formula is C13H13F3N2O4S3. The minimum absolute atomic E-state index is 0.0565. The van der Waals surface area contributed by atoms with Gasteiger partial charge in [-0.3, -0.25) is 4.72 Å². The third kappa shape index (κ3) is 4.07. The van der Waals surface area contributed by atoms with Crippen molar-refractivity contribution >= 4 is 42.6 Å². The van der Waals surface area contributed by atoms with E-state index in [1.165, 1.54) is 17.5 Å². The molecule has 2 rings (SSSR count). The molecule has 0 spiro atoms. The van der Waals surface area contributed by atoms with Crippen LogP contribution >= 0.6 is 11.3 Å². The lowest BCUT2D eigenvalue weighted by Crippen LogP contribution is -2.23. The monoisotopic (exact) mass is 414 g/mol. The molecule has 0 amide bonds. The van der Waals surface area contributed by atoms with E-state index in [1.807, 2.05) is 0 Å². The average molecular weight is 414 g/mol. The van der Waals surface area contributed by atoms with Gasteiger partial charge in [0.05, 0.1) is 16.3 Å². The Morgan fingerprint density at radius 2 is 1.76 bits per heavy atom. The van der Waals surface area contributed by atoms with E-state index in [1.54, 1.807) is 6.92 Å². The highest BCUT2D eigenvalue weighted by atomic mass is 32.2. The number of thiophene rings is 1. The van der Waals surface area contributed by atoms with Gasteiger partial charge in [0.15, 0.2) is 0 Å². The maximum absolute atomic E-state index is 12.7. The van der Waals surface area contributed by atoms with Crippen LogP contribution in [0.3, 0.4) is 0 Å². The van der Waals surface area contributed by atoms with Crippen LogP contribution in [0.25, 0.3) is 0 Å². The van der Waals surface area contributed by atoms with Gasteiger partial charge in [0.2, 0.25) is 0 Å². The zero-order chi connectivity index (χ0) is 18.9. The minimum atomic E-state index is -5.60. The summed E-state index contributed by atoms with van der Waals surface area (Å²) in [4.78, 5) is -1.05. The topological polar surface area (TPSA) is 92.3 Å². The molecule has 0 bridgehead atoms. The van der Waals surface area contributed by atoms with Crippen molar-refractivity contribution in [2.24, 2.45) is 0 Å². The molecule has 0 radical (unpaired) electrons. The molecular weight excluding hydrogens is 401 g/mol. The van der Waals surface area contributed by atoms with Crippen molar-refractivity contribution in [2.75, 3.05) is 16.6 Å². The van der Waals surface area contributed by atoms with Crippen molar-refractivity contribution in [3.63, 3.8) is 0 Å². The van der Waals surface area contributed by atoms with Crippen molar-refractivity contribution < 1.29 is 30.0 Å². The van der Waals surface area contributed by atoms with Gasteiger partial charge in [-0.2, -0.15) is 13.2 Å². The molecule has 25 heavy (non-hydrogen) atoms. The van der Waals surface area contributed by atoms with E-state index in [2.05, 4.69) is 10.0 Å². The molecule has 6 nitrogen and oxygen atoms in total. The number of sulfone groups is 1. The molecule has 0 fully saturated rings. The first-order valence-corrected chi connectivity index (χ1v) is 10.6. The molecule has 0 saturated carbocycles. The van der Waals surface area contributed by atoms with E-state index >= 15 is 0 Å². The first kappa shape index (κ1) is 19.5. The van der Waals surface area contributed by atoms with Gasteiger partial charge in [0.1, 0.15) is 4.21 Å². The van der Waals surface area contributed by atoms with Crippen LogP contribution in [0.4, 0.5) is 24.5 Å². The number of rotatable bonds is 6. The highest BCUT2D eigenvalue weighted by Crippen LogP contribution is 2.34. The number of hydrogen-bond acceptors (Lipinski definition) is 6. The second-order valence-electron chi connectivity index (χ2n) is 4.72. The Labute approximate surface area is 146 Å². The molecule has 12 heteroatoms. The minimum Gasteiger partial charge on any atom is -0.384 e. The summed E-state index contributed by atoms with van der Waals surface area (Å²) in [5.74, 6) is 0. The fraction of sp³-hybridized carbons (Fsp3) is 0.231. The van der Waals surface area contributed by atoms with E-state index in [9.17, 15) is 30.0 Å². The number of sulfonamides is 1. The Bertz CT molecular complexity index is 953. The SMILES string of the molecule is CCNc1ccc(S(=O)(=O)C(F)(F)F)cc1NS(=O)(=O)c1cccs1. The number of alkyl halides is 3. The quantitative estimate of drug-likeness (QED) is 0.757. The van der Waals surface area contributed by atoms with Crippen LogP contribution in [0.2, 0.25) is 0 Å². The molecule has 138 valence electrons. The van der Waals surface area contributed by atoms with E-state index in [0.717, 1.165) is 23.5 Å². The van der Waals surface area contributed by atoms with Gasteiger partial charge in [-0.15, -0.1) is 11.3 Å². The molecule has 0 aliphatic carbocycles. The molecule has 2 aromatic rings. The average Bonchev–Trinajstić information content (AvgIpc) is 3.03. The van der Waals surface area contributed by atoms with Gasteiger partial charge < -0.3 is 5.32 Å². The Hall–Kier alpha value is -1.79. The molecule has 0 saturated heterocycles. The number of hydrogen-bond donors (Lipinski definition) is 2. The zero-order valence-electron chi connectivity index (χ0n) is 12.7. The van der Waals surface area contributed by atoms with E-state index in [4.69, 9.17) is 0 Å². The third-order valence-electron chi connectivity index (χ3n) is 2.98. The third-order valence-corrected chi connectivity index (χ3v) is 7.22. The van der Waals surface area contributed by atoms with E-state index in [0.29, 0.717) is 12.6 Å². The fourth-order valence-electron chi connectivity index (χ4n) is 1.86. The van der Waals surface area contributed by atoms with Crippen LogP contribution in [0, 0.1) is 0 Å². The molecule has 0 aliphatic heterocycles. The Morgan fingerprint density at radius 3 is 2.28 bits per heavy atom. The molecule has 0 unspecified atom stereocenters. The highest BCUT2D eigenvalue weighted by Gasteiger charge is 2.47. The lowest BCUT2D eigenvalue weighted by molar-refractivity contribution is -0.0435. The Kier molecular flexibility index (Phi) is 5.35. The second-order valence-corrected chi connectivity index (χ2v) is 9.52. The van der Waals surface area contributed by atoms with E-state index < -0.39 is 30.3 Å². The van der Waals surface area contributed by atoms with Gasteiger partial charge in [0, 0.05) is 6.54 Å². The summed E-state index contributed by atoms with van der Waals surface area (Å²) < 4.78 is 87.9. The van der Waals surface area contributed by atoms with Gasteiger partial charge >= 0.3 is 5.51 Å². The largest absolute Gasteiger partial charge is 0.501 e. The fourth-order valence-corrected chi connectivity index (χ4v) is 4.72. The number of anilines is 2. The van der Waals surface area contributed by atoms with Gasteiger partial charge in [0.25, 0.3) is 19.9 Å². The molecule has 1 aromatic carbocycles. The summed E-state index contributed by atoms with van der Waals surface area (Å²) in [6.45, 7) is 2.04. The van der Waals surface area contributed by atoms with E-state index in [-0.39, 0.29) is 15.6 Å². The van der Waals surface area contributed by atoms with Crippen molar-refractivity contribution in [3.05, 3.63) is 35.7 Å². The number of benzene rings is 1. The lowest BCUT2D eigenvalue weighted by atomic mass is 10.2. The van der Waals surface area contributed by atoms with Crippen LogP contribution < -0.4 is 10.0 Å². The first-order valence-electron chi connectivity index (χ1n) is 6.74.